The molecule has 0 aliphatic heterocycles. The van der Waals surface area contributed by atoms with Crippen LogP contribution in [-0.2, 0) is 19.3 Å². The van der Waals surface area contributed by atoms with E-state index in [2.05, 4.69) is 22.4 Å². The fourth-order valence-electron chi connectivity index (χ4n) is 1.75. The zero-order chi connectivity index (χ0) is 12.4. The lowest BCUT2D eigenvalue weighted by molar-refractivity contribution is 0.458. The number of imidazole rings is 1. The minimum absolute atomic E-state index is 0.723. The summed E-state index contributed by atoms with van der Waals surface area (Å²) >= 11 is 1.69. The minimum atomic E-state index is 0.723. The van der Waals surface area contributed by atoms with Crippen LogP contribution in [0.1, 0.15) is 24.4 Å². The topological polar surface area (TPSA) is 43.0 Å². The van der Waals surface area contributed by atoms with Gasteiger partial charge < -0.3 is 14.3 Å². The predicted octanol–water partition coefficient (Wildman–Crippen LogP) is 2.56. The van der Waals surface area contributed by atoms with E-state index in [4.69, 9.17) is 4.42 Å². The molecule has 0 radical (unpaired) electrons. The molecule has 2 aromatic heterocycles. The van der Waals surface area contributed by atoms with E-state index < -0.39 is 0 Å². The molecule has 0 bridgehead atoms. The van der Waals surface area contributed by atoms with Crippen LogP contribution < -0.4 is 5.32 Å². The molecule has 1 aliphatic rings. The number of aryl methyl sites for hydroxylation is 1. The lowest BCUT2D eigenvalue weighted by Crippen LogP contribution is -2.14. The largest absolute Gasteiger partial charge is 0.464 e. The molecule has 1 aliphatic carbocycles. The van der Waals surface area contributed by atoms with Crippen molar-refractivity contribution >= 4 is 11.8 Å². The van der Waals surface area contributed by atoms with Gasteiger partial charge in [-0.2, -0.15) is 0 Å². The van der Waals surface area contributed by atoms with Crippen molar-refractivity contribution in [3.8, 4) is 0 Å². The third kappa shape index (κ3) is 2.97. The summed E-state index contributed by atoms with van der Waals surface area (Å²) in [7, 11) is 2.00. The third-order valence-corrected chi connectivity index (χ3v) is 4.06. The molecule has 18 heavy (non-hydrogen) atoms. The zero-order valence-electron chi connectivity index (χ0n) is 10.4. The fourth-order valence-corrected chi connectivity index (χ4v) is 2.58. The molecule has 1 fully saturated rings. The van der Waals surface area contributed by atoms with Crippen LogP contribution in [0, 0.1) is 0 Å². The third-order valence-electron chi connectivity index (χ3n) is 2.98. The molecule has 1 saturated carbocycles. The van der Waals surface area contributed by atoms with Gasteiger partial charge >= 0.3 is 0 Å². The molecule has 2 heterocycles. The summed E-state index contributed by atoms with van der Waals surface area (Å²) in [6, 6.07) is 4.84. The first-order valence-corrected chi connectivity index (χ1v) is 7.21. The van der Waals surface area contributed by atoms with Crippen LogP contribution in [0.25, 0.3) is 0 Å². The number of hydrogen-bond donors (Lipinski definition) is 1. The highest BCUT2D eigenvalue weighted by atomic mass is 32.2. The van der Waals surface area contributed by atoms with Gasteiger partial charge in [0.15, 0.2) is 5.16 Å². The summed E-state index contributed by atoms with van der Waals surface area (Å²) in [5.41, 5.74) is 0. The molecule has 96 valence electrons. The second kappa shape index (κ2) is 5.20. The van der Waals surface area contributed by atoms with Crippen LogP contribution in [0.3, 0.4) is 0 Å². The molecule has 4 nitrogen and oxygen atoms in total. The Morgan fingerprint density at radius 3 is 3.00 bits per heavy atom. The highest BCUT2D eigenvalue weighted by Gasteiger charge is 2.20. The summed E-state index contributed by atoms with van der Waals surface area (Å²) in [6.07, 6.45) is 6.38. The van der Waals surface area contributed by atoms with E-state index in [-0.39, 0.29) is 0 Å². The van der Waals surface area contributed by atoms with E-state index in [0.717, 1.165) is 35.0 Å². The Morgan fingerprint density at radius 1 is 1.44 bits per heavy atom. The Bertz CT molecular complexity index is 516. The Kier molecular flexibility index (Phi) is 3.43. The second-order valence-corrected chi connectivity index (χ2v) is 5.58. The summed E-state index contributed by atoms with van der Waals surface area (Å²) in [5, 5.41) is 4.47. The van der Waals surface area contributed by atoms with Gasteiger partial charge in [-0.3, -0.25) is 0 Å². The van der Waals surface area contributed by atoms with Crippen molar-refractivity contribution in [1.82, 2.24) is 14.9 Å². The molecule has 0 saturated heterocycles. The minimum Gasteiger partial charge on any atom is -0.464 e. The van der Waals surface area contributed by atoms with Crippen LogP contribution in [-0.4, -0.2) is 15.6 Å². The van der Waals surface area contributed by atoms with E-state index in [1.165, 1.54) is 12.8 Å². The van der Waals surface area contributed by atoms with Crippen molar-refractivity contribution in [2.24, 2.45) is 7.05 Å². The Labute approximate surface area is 111 Å². The average molecular weight is 263 g/mol. The predicted molar refractivity (Wildman–Crippen MR) is 71.3 cm³/mol. The molecular weight excluding hydrogens is 246 g/mol. The van der Waals surface area contributed by atoms with Crippen molar-refractivity contribution in [2.45, 2.75) is 36.3 Å². The van der Waals surface area contributed by atoms with E-state index in [9.17, 15) is 0 Å². The SMILES string of the molecule is Cn1ccnc1SCc1ccc(CNC2CC2)o1. The van der Waals surface area contributed by atoms with Gasteiger partial charge in [0.2, 0.25) is 0 Å². The standard InChI is InChI=1S/C13H17N3OS/c1-16-7-6-14-13(16)18-9-12-5-4-11(17-12)8-15-10-2-3-10/h4-7,10,15H,2-3,8-9H2,1H3. The number of thioether (sulfide) groups is 1. The van der Waals surface area contributed by atoms with E-state index in [0.29, 0.717) is 0 Å². The number of nitrogens with zero attached hydrogens (tertiary/aromatic N) is 2. The van der Waals surface area contributed by atoms with Crippen molar-refractivity contribution < 1.29 is 4.42 Å². The van der Waals surface area contributed by atoms with Gasteiger partial charge in [-0.25, -0.2) is 4.98 Å². The first kappa shape index (κ1) is 11.9. The maximum absolute atomic E-state index is 5.78. The van der Waals surface area contributed by atoms with Gasteiger partial charge in [-0.1, -0.05) is 11.8 Å². The summed E-state index contributed by atoms with van der Waals surface area (Å²) in [4.78, 5) is 4.28. The first-order valence-electron chi connectivity index (χ1n) is 6.22. The molecule has 0 spiro atoms. The normalized spacial score (nSPS) is 15.2. The Balaban J connectivity index is 1.51. The fraction of sp³-hybridized carbons (Fsp3) is 0.462. The Morgan fingerprint density at radius 2 is 2.28 bits per heavy atom. The van der Waals surface area contributed by atoms with Crippen molar-refractivity contribution in [3.05, 3.63) is 36.0 Å². The molecular formula is C13H17N3OS. The zero-order valence-corrected chi connectivity index (χ0v) is 11.2. The number of nitrogens with one attached hydrogen (secondary N) is 1. The lowest BCUT2D eigenvalue weighted by Gasteiger charge is -2.00. The van der Waals surface area contributed by atoms with Crippen molar-refractivity contribution in [2.75, 3.05) is 0 Å². The van der Waals surface area contributed by atoms with Gasteiger partial charge in [0.1, 0.15) is 11.5 Å². The van der Waals surface area contributed by atoms with Gasteiger partial charge in [-0.15, -0.1) is 0 Å². The Hall–Kier alpha value is -1.20. The smallest absolute Gasteiger partial charge is 0.168 e. The summed E-state index contributed by atoms with van der Waals surface area (Å²) in [5.74, 6) is 2.86. The second-order valence-electron chi connectivity index (χ2n) is 4.63. The summed E-state index contributed by atoms with van der Waals surface area (Å²) < 4.78 is 7.80. The molecule has 3 rings (SSSR count). The molecule has 0 aromatic carbocycles. The molecule has 2 aromatic rings. The van der Waals surface area contributed by atoms with E-state index >= 15 is 0 Å². The monoisotopic (exact) mass is 263 g/mol. The van der Waals surface area contributed by atoms with Crippen molar-refractivity contribution in [3.63, 3.8) is 0 Å². The first-order chi connectivity index (χ1) is 8.81. The number of aromatic nitrogens is 2. The van der Waals surface area contributed by atoms with E-state index in [1.807, 2.05) is 24.0 Å². The highest BCUT2D eigenvalue weighted by Crippen LogP contribution is 2.23. The quantitative estimate of drug-likeness (QED) is 0.813. The van der Waals surface area contributed by atoms with Gasteiger partial charge in [0.25, 0.3) is 0 Å². The van der Waals surface area contributed by atoms with Gasteiger partial charge in [0.05, 0.1) is 12.3 Å². The molecule has 0 amide bonds. The molecule has 5 heteroatoms. The maximum atomic E-state index is 5.78. The van der Waals surface area contributed by atoms with Crippen LogP contribution in [0.2, 0.25) is 0 Å². The number of hydrogen-bond acceptors (Lipinski definition) is 4. The molecule has 0 unspecified atom stereocenters. The lowest BCUT2D eigenvalue weighted by atomic mass is 10.4. The average Bonchev–Trinajstić information content (AvgIpc) is 2.94. The molecule has 1 N–H and O–H groups in total. The summed E-state index contributed by atoms with van der Waals surface area (Å²) in [6.45, 7) is 0.845. The molecule has 0 atom stereocenters. The van der Waals surface area contributed by atoms with Crippen LogP contribution in [0.4, 0.5) is 0 Å². The van der Waals surface area contributed by atoms with Crippen LogP contribution in [0.15, 0.2) is 34.1 Å². The number of furan rings is 1. The van der Waals surface area contributed by atoms with Gasteiger partial charge in [0, 0.05) is 25.5 Å². The highest BCUT2D eigenvalue weighted by molar-refractivity contribution is 7.98. The van der Waals surface area contributed by atoms with Crippen molar-refractivity contribution in [1.29, 1.82) is 0 Å². The maximum Gasteiger partial charge on any atom is 0.168 e. The van der Waals surface area contributed by atoms with Gasteiger partial charge in [-0.05, 0) is 25.0 Å². The van der Waals surface area contributed by atoms with E-state index in [1.54, 1.807) is 11.8 Å². The van der Waals surface area contributed by atoms with Crippen LogP contribution >= 0.6 is 11.8 Å². The van der Waals surface area contributed by atoms with Crippen LogP contribution in [0.5, 0.6) is 0 Å². The number of rotatable bonds is 6.